The fraction of sp³-hybridized carbons (Fsp3) is 0.769. The molecule has 1 aliphatic carbocycles. The molecule has 1 aromatic rings. The number of aryl methyl sites for hydroxylation is 1. The van der Waals surface area contributed by atoms with Crippen molar-refractivity contribution in [3.05, 3.63) is 18.0 Å². The molecule has 1 saturated carbocycles. The molecule has 1 fully saturated rings. The van der Waals surface area contributed by atoms with Crippen LogP contribution in [0.15, 0.2) is 12.3 Å². The zero-order valence-electron chi connectivity index (χ0n) is 10.7. The largest absolute Gasteiger partial charge is 0.271 e. The van der Waals surface area contributed by atoms with Gasteiger partial charge in [-0.3, -0.25) is 16.0 Å². The van der Waals surface area contributed by atoms with Crippen LogP contribution in [-0.4, -0.2) is 9.78 Å². The maximum absolute atomic E-state index is 5.78. The minimum absolute atomic E-state index is 0.260. The van der Waals surface area contributed by atoms with Gasteiger partial charge in [-0.15, -0.1) is 0 Å². The highest BCUT2D eigenvalue weighted by atomic mass is 15.3. The number of hydrogen-bond acceptors (Lipinski definition) is 3. The normalized spacial score (nSPS) is 20.1. The summed E-state index contributed by atoms with van der Waals surface area (Å²) in [6.45, 7) is 3.03. The lowest BCUT2D eigenvalue weighted by molar-refractivity contribution is 0.312. The van der Waals surface area contributed by atoms with Gasteiger partial charge in [-0.05, 0) is 31.7 Å². The highest BCUT2D eigenvalue weighted by Gasteiger charge is 2.25. The SMILES string of the molecule is CCn1nccc1C(NN)C1CCCCCC1. The van der Waals surface area contributed by atoms with E-state index in [4.69, 9.17) is 5.84 Å². The Balaban J connectivity index is 2.14. The van der Waals surface area contributed by atoms with Gasteiger partial charge in [0.25, 0.3) is 0 Å². The summed E-state index contributed by atoms with van der Waals surface area (Å²) >= 11 is 0. The molecule has 0 spiro atoms. The molecule has 1 aliphatic rings. The van der Waals surface area contributed by atoms with Crippen LogP contribution in [0.1, 0.15) is 57.2 Å². The van der Waals surface area contributed by atoms with E-state index in [-0.39, 0.29) is 6.04 Å². The van der Waals surface area contributed by atoms with Gasteiger partial charge in [-0.1, -0.05) is 25.7 Å². The topological polar surface area (TPSA) is 55.9 Å². The van der Waals surface area contributed by atoms with Crippen LogP contribution >= 0.6 is 0 Å². The van der Waals surface area contributed by atoms with E-state index in [1.165, 1.54) is 44.2 Å². The fourth-order valence-electron chi connectivity index (χ4n) is 2.98. The predicted octanol–water partition coefficient (Wildman–Crippen LogP) is 2.38. The molecule has 3 N–H and O–H groups in total. The second-order valence-electron chi connectivity index (χ2n) is 4.97. The minimum atomic E-state index is 0.260. The smallest absolute Gasteiger partial charge is 0.0657 e. The van der Waals surface area contributed by atoms with E-state index in [2.05, 4.69) is 28.2 Å². The third-order valence-electron chi connectivity index (χ3n) is 3.92. The number of nitrogens with two attached hydrogens (primary N) is 1. The zero-order valence-corrected chi connectivity index (χ0v) is 10.7. The average Bonchev–Trinajstić information content (AvgIpc) is 2.65. The average molecular weight is 236 g/mol. The summed E-state index contributed by atoms with van der Waals surface area (Å²) in [5, 5.41) is 4.34. The van der Waals surface area contributed by atoms with Gasteiger partial charge in [-0.2, -0.15) is 5.10 Å². The molecule has 2 rings (SSSR count). The highest BCUT2D eigenvalue weighted by molar-refractivity contribution is 5.08. The molecule has 0 bridgehead atoms. The van der Waals surface area contributed by atoms with E-state index in [9.17, 15) is 0 Å². The first-order chi connectivity index (χ1) is 8.36. The van der Waals surface area contributed by atoms with Crippen molar-refractivity contribution in [2.45, 2.75) is 58.0 Å². The number of rotatable bonds is 4. The number of aromatic nitrogens is 2. The molecule has 1 heterocycles. The van der Waals surface area contributed by atoms with Crippen molar-refractivity contribution < 1.29 is 0 Å². The van der Waals surface area contributed by atoms with Crippen molar-refractivity contribution in [1.29, 1.82) is 0 Å². The van der Waals surface area contributed by atoms with E-state index in [1.54, 1.807) is 0 Å². The van der Waals surface area contributed by atoms with Crippen LogP contribution in [0.2, 0.25) is 0 Å². The van der Waals surface area contributed by atoms with Gasteiger partial charge in [0.2, 0.25) is 0 Å². The third kappa shape index (κ3) is 2.87. The lowest BCUT2D eigenvalue weighted by Gasteiger charge is -2.26. The number of hydrazine groups is 1. The Kier molecular flexibility index (Phi) is 4.57. The van der Waals surface area contributed by atoms with Crippen molar-refractivity contribution in [2.24, 2.45) is 11.8 Å². The molecule has 0 aliphatic heterocycles. The number of nitrogens with zero attached hydrogens (tertiary/aromatic N) is 2. The summed E-state index contributed by atoms with van der Waals surface area (Å²) in [5.41, 5.74) is 4.25. The number of nitrogens with one attached hydrogen (secondary N) is 1. The molecular formula is C13H24N4. The second-order valence-corrected chi connectivity index (χ2v) is 4.97. The molecule has 0 saturated heterocycles. The highest BCUT2D eigenvalue weighted by Crippen LogP contribution is 2.32. The summed E-state index contributed by atoms with van der Waals surface area (Å²) in [6.07, 6.45) is 9.86. The van der Waals surface area contributed by atoms with Crippen LogP contribution in [-0.2, 0) is 6.54 Å². The zero-order chi connectivity index (χ0) is 12.1. The molecule has 17 heavy (non-hydrogen) atoms. The molecule has 96 valence electrons. The summed E-state index contributed by atoms with van der Waals surface area (Å²) < 4.78 is 2.05. The molecule has 1 unspecified atom stereocenters. The second kappa shape index (κ2) is 6.17. The minimum Gasteiger partial charge on any atom is -0.271 e. The molecule has 0 amide bonds. The van der Waals surface area contributed by atoms with Crippen molar-refractivity contribution in [1.82, 2.24) is 15.2 Å². The van der Waals surface area contributed by atoms with Gasteiger partial charge < -0.3 is 0 Å². The van der Waals surface area contributed by atoms with Crippen LogP contribution in [0.4, 0.5) is 0 Å². The molecule has 4 heteroatoms. The van der Waals surface area contributed by atoms with Crippen LogP contribution in [0.5, 0.6) is 0 Å². The lowest BCUT2D eigenvalue weighted by atomic mass is 9.90. The maximum Gasteiger partial charge on any atom is 0.0657 e. The summed E-state index contributed by atoms with van der Waals surface area (Å²) in [4.78, 5) is 0. The Morgan fingerprint density at radius 1 is 1.41 bits per heavy atom. The molecule has 1 aromatic heterocycles. The van der Waals surface area contributed by atoms with Gasteiger partial charge in [0.15, 0.2) is 0 Å². The van der Waals surface area contributed by atoms with Crippen molar-refractivity contribution in [3.8, 4) is 0 Å². The monoisotopic (exact) mass is 236 g/mol. The van der Waals surface area contributed by atoms with E-state index in [0.717, 1.165) is 6.54 Å². The van der Waals surface area contributed by atoms with Crippen molar-refractivity contribution in [3.63, 3.8) is 0 Å². The number of hydrogen-bond donors (Lipinski definition) is 2. The summed E-state index contributed by atoms with van der Waals surface area (Å²) in [5.74, 6) is 6.44. The van der Waals surface area contributed by atoms with Gasteiger partial charge in [0.05, 0.1) is 11.7 Å². The Morgan fingerprint density at radius 2 is 2.12 bits per heavy atom. The third-order valence-corrected chi connectivity index (χ3v) is 3.92. The van der Waals surface area contributed by atoms with Crippen molar-refractivity contribution >= 4 is 0 Å². The van der Waals surface area contributed by atoms with E-state index < -0.39 is 0 Å². The van der Waals surface area contributed by atoms with E-state index in [1.807, 2.05) is 6.20 Å². The fourth-order valence-corrected chi connectivity index (χ4v) is 2.98. The van der Waals surface area contributed by atoms with E-state index >= 15 is 0 Å². The first-order valence-electron chi connectivity index (χ1n) is 6.84. The van der Waals surface area contributed by atoms with Gasteiger partial charge in [-0.25, -0.2) is 0 Å². The Hall–Kier alpha value is -0.870. The van der Waals surface area contributed by atoms with Crippen LogP contribution < -0.4 is 11.3 Å². The van der Waals surface area contributed by atoms with Crippen LogP contribution in [0, 0.1) is 5.92 Å². The Morgan fingerprint density at radius 3 is 2.71 bits per heavy atom. The summed E-state index contributed by atoms with van der Waals surface area (Å²) in [7, 11) is 0. The molecule has 0 radical (unpaired) electrons. The van der Waals surface area contributed by atoms with Gasteiger partial charge in [0, 0.05) is 12.7 Å². The summed E-state index contributed by atoms with van der Waals surface area (Å²) in [6, 6.07) is 2.36. The Bertz CT molecular complexity index is 326. The van der Waals surface area contributed by atoms with Crippen molar-refractivity contribution in [2.75, 3.05) is 0 Å². The maximum atomic E-state index is 5.78. The lowest BCUT2D eigenvalue weighted by Crippen LogP contribution is -2.35. The Labute approximate surface area is 104 Å². The van der Waals surface area contributed by atoms with Gasteiger partial charge in [0.1, 0.15) is 0 Å². The predicted molar refractivity (Wildman–Crippen MR) is 69.2 cm³/mol. The van der Waals surface area contributed by atoms with Crippen LogP contribution in [0.3, 0.4) is 0 Å². The molecule has 4 nitrogen and oxygen atoms in total. The quantitative estimate of drug-likeness (QED) is 0.479. The van der Waals surface area contributed by atoms with Gasteiger partial charge >= 0.3 is 0 Å². The standard InChI is InChI=1S/C13H24N4/c1-2-17-12(9-10-15-17)13(16-14)11-7-5-3-4-6-8-11/h9-11,13,16H,2-8,14H2,1H3. The first-order valence-corrected chi connectivity index (χ1v) is 6.84. The van der Waals surface area contributed by atoms with Crippen LogP contribution in [0.25, 0.3) is 0 Å². The van der Waals surface area contributed by atoms with E-state index in [0.29, 0.717) is 5.92 Å². The molecule has 1 atom stereocenters. The molecular weight excluding hydrogens is 212 g/mol. The molecule has 0 aromatic carbocycles. The first kappa shape index (κ1) is 12.6.